The number of hydrogen-bond donors (Lipinski definition) is 1. The van der Waals surface area contributed by atoms with Crippen molar-refractivity contribution in [2.24, 2.45) is 0 Å². The van der Waals surface area contributed by atoms with Gasteiger partial charge in [-0.1, -0.05) is 30.3 Å². The highest BCUT2D eigenvalue weighted by Crippen LogP contribution is 2.36. The molecule has 0 fully saturated rings. The second kappa shape index (κ2) is 11.3. The van der Waals surface area contributed by atoms with Crippen LogP contribution in [0.15, 0.2) is 30.3 Å². The molecule has 0 atom stereocenters. The van der Waals surface area contributed by atoms with Gasteiger partial charge >= 0.3 is 5.97 Å². The number of carbonyl (C=O) groups excluding carboxylic acids is 1. The maximum absolute atomic E-state index is 12.3. The third kappa shape index (κ3) is 5.40. The third-order valence-corrected chi connectivity index (χ3v) is 5.19. The molecule has 0 amide bonds. The van der Waals surface area contributed by atoms with E-state index in [0.29, 0.717) is 55.4 Å². The first-order valence-electron chi connectivity index (χ1n) is 9.23. The van der Waals surface area contributed by atoms with Gasteiger partial charge in [0.15, 0.2) is 0 Å². The van der Waals surface area contributed by atoms with E-state index in [1.165, 1.54) is 7.11 Å². The highest BCUT2D eigenvalue weighted by Gasteiger charge is 2.25. The van der Waals surface area contributed by atoms with Crippen molar-refractivity contribution in [3.8, 4) is 5.75 Å². The van der Waals surface area contributed by atoms with Gasteiger partial charge in [0.05, 0.1) is 20.3 Å². The van der Waals surface area contributed by atoms with Crippen molar-refractivity contribution in [2.45, 2.75) is 39.4 Å². The van der Waals surface area contributed by atoms with Crippen LogP contribution in [0.5, 0.6) is 5.75 Å². The van der Waals surface area contributed by atoms with Crippen LogP contribution in [0.1, 0.15) is 44.6 Å². The lowest BCUT2D eigenvalue weighted by atomic mass is 9.88. The van der Waals surface area contributed by atoms with Crippen molar-refractivity contribution in [2.75, 3.05) is 18.9 Å². The summed E-state index contributed by atoms with van der Waals surface area (Å²) in [6.45, 7) is 2.57. The highest BCUT2D eigenvalue weighted by atomic mass is 35.5. The number of benzene rings is 2. The maximum atomic E-state index is 12.3. The minimum absolute atomic E-state index is 0.0499. The van der Waals surface area contributed by atoms with Gasteiger partial charge in [-0.15, -0.1) is 23.2 Å². The Morgan fingerprint density at radius 1 is 1.00 bits per heavy atom. The lowest BCUT2D eigenvalue weighted by Crippen LogP contribution is -2.14. The number of alkyl halides is 2. The topological polar surface area (TPSA) is 55.8 Å². The lowest BCUT2D eigenvalue weighted by molar-refractivity contribution is 0.0595. The average Bonchev–Trinajstić information content (AvgIpc) is 2.71. The molecule has 0 saturated heterocycles. The SMILES string of the molecule is COC(=O)c1c(C)c(CCCl)c(COCc2ccccc2)c(CCCCl)c1O. The fourth-order valence-electron chi connectivity index (χ4n) is 3.35. The van der Waals surface area contributed by atoms with E-state index in [2.05, 4.69) is 0 Å². The van der Waals surface area contributed by atoms with Gasteiger partial charge in [-0.2, -0.15) is 0 Å². The lowest BCUT2D eigenvalue weighted by Gasteiger charge is -2.22. The van der Waals surface area contributed by atoms with E-state index in [-0.39, 0.29) is 11.3 Å². The Bertz CT molecular complexity index is 791. The molecule has 0 aliphatic rings. The number of esters is 1. The van der Waals surface area contributed by atoms with E-state index >= 15 is 0 Å². The number of phenols is 1. The van der Waals surface area contributed by atoms with Crippen LogP contribution in [0, 0.1) is 6.92 Å². The van der Waals surface area contributed by atoms with E-state index in [0.717, 1.165) is 16.7 Å². The van der Waals surface area contributed by atoms with Crippen LogP contribution in [-0.4, -0.2) is 29.9 Å². The molecule has 0 aliphatic carbocycles. The summed E-state index contributed by atoms with van der Waals surface area (Å²) < 4.78 is 10.8. The smallest absolute Gasteiger partial charge is 0.341 e. The molecule has 0 saturated carbocycles. The highest BCUT2D eigenvalue weighted by molar-refractivity contribution is 6.18. The zero-order chi connectivity index (χ0) is 20.5. The number of rotatable bonds is 10. The van der Waals surface area contributed by atoms with Crippen LogP contribution < -0.4 is 0 Å². The normalized spacial score (nSPS) is 10.9. The van der Waals surface area contributed by atoms with Gasteiger partial charge < -0.3 is 14.6 Å². The van der Waals surface area contributed by atoms with Gasteiger partial charge in [-0.3, -0.25) is 0 Å². The Hall–Kier alpha value is -1.75. The maximum Gasteiger partial charge on any atom is 0.341 e. The molecule has 0 radical (unpaired) electrons. The third-order valence-electron chi connectivity index (χ3n) is 4.73. The Kier molecular flexibility index (Phi) is 9.10. The second-order valence-corrected chi connectivity index (χ2v) is 7.24. The number of aromatic hydroxyl groups is 1. The number of phenolic OH excluding ortho intramolecular Hbond substituents is 1. The summed E-state index contributed by atoms with van der Waals surface area (Å²) in [6, 6.07) is 9.88. The van der Waals surface area contributed by atoms with Gasteiger partial charge in [-0.25, -0.2) is 4.79 Å². The molecule has 2 aromatic carbocycles. The monoisotopic (exact) mass is 424 g/mol. The summed E-state index contributed by atoms with van der Waals surface area (Å²) in [6.07, 6.45) is 1.78. The summed E-state index contributed by atoms with van der Waals surface area (Å²) in [7, 11) is 1.30. The molecule has 0 heterocycles. The van der Waals surface area contributed by atoms with Gasteiger partial charge in [0, 0.05) is 17.3 Å². The van der Waals surface area contributed by atoms with Crippen LogP contribution in [0.25, 0.3) is 0 Å². The van der Waals surface area contributed by atoms with Crippen molar-refractivity contribution < 1.29 is 19.4 Å². The minimum Gasteiger partial charge on any atom is -0.507 e. The molecule has 0 aromatic heterocycles. The number of carbonyl (C=O) groups is 1. The van der Waals surface area contributed by atoms with Crippen molar-refractivity contribution in [1.29, 1.82) is 0 Å². The molecule has 0 unspecified atom stereocenters. The first-order chi connectivity index (χ1) is 13.5. The fourth-order valence-corrected chi connectivity index (χ4v) is 3.67. The molecule has 28 heavy (non-hydrogen) atoms. The molecule has 0 bridgehead atoms. The first kappa shape index (κ1) is 22.5. The molecular weight excluding hydrogens is 399 g/mol. The molecule has 1 N–H and O–H groups in total. The van der Waals surface area contributed by atoms with Crippen molar-refractivity contribution in [1.82, 2.24) is 0 Å². The second-order valence-electron chi connectivity index (χ2n) is 6.49. The Labute approximate surface area is 176 Å². The quantitative estimate of drug-likeness (QED) is 0.422. The summed E-state index contributed by atoms with van der Waals surface area (Å²) >= 11 is 11.9. The van der Waals surface area contributed by atoms with Crippen LogP contribution in [-0.2, 0) is 35.5 Å². The number of hydrogen-bond acceptors (Lipinski definition) is 4. The largest absolute Gasteiger partial charge is 0.507 e. The number of methoxy groups -OCH3 is 1. The molecule has 6 heteroatoms. The van der Waals surface area contributed by atoms with Gasteiger partial charge in [0.2, 0.25) is 0 Å². The molecule has 0 aliphatic heterocycles. The predicted molar refractivity (Wildman–Crippen MR) is 113 cm³/mol. The standard InChI is InChI=1S/C22H26Cl2O4/c1-15-17(10-12-24)19(14-28-13-16-7-4-3-5-8-16)18(9-6-11-23)21(25)20(15)22(26)27-2/h3-5,7-8,25H,6,9-14H2,1-2H3. The van der Waals surface area contributed by atoms with E-state index in [1.54, 1.807) is 6.92 Å². The minimum atomic E-state index is -0.560. The molecule has 4 nitrogen and oxygen atoms in total. The summed E-state index contributed by atoms with van der Waals surface area (Å²) in [5.41, 5.74) is 4.42. The van der Waals surface area contributed by atoms with Crippen LogP contribution in [0.2, 0.25) is 0 Å². The van der Waals surface area contributed by atoms with E-state index in [4.69, 9.17) is 32.7 Å². The Morgan fingerprint density at radius 2 is 1.71 bits per heavy atom. The number of ether oxygens (including phenoxy) is 2. The summed E-state index contributed by atoms with van der Waals surface area (Å²) in [4.78, 5) is 12.3. The van der Waals surface area contributed by atoms with Crippen molar-refractivity contribution in [3.05, 3.63) is 63.7 Å². The Morgan fingerprint density at radius 3 is 2.32 bits per heavy atom. The van der Waals surface area contributed by atoms with Gasteiger partial charge in [-0.05, 0) is 48.4 Å². The number of halogens is 2. The van der Waals surface area contributed by atoms with Gasteiger partial charge in [0.1, 0.15) is 11.3 Å². The molecular formula is C22H26Cl2O4. The Balaban J connectivity index is 2.45. The molecule has 2 rings (SSSR count). The van der Waals surface area contributed by atoms with E-state index in [9.17, 15) is 9.90 Å². The summed E-state index contributed by atoms with van der Waals surface area (Å²) in [5.74, 6) is 0.240. The van der Waals surface area contributed by atoms with Crippen LogP contribution >= 0.6 is 23.2 Å². The zero-order valence-electron chi connectivity index (χ0n) is 16.3. The molecule has 2 aromatic rings. The summed E-state index contributed by atoms with van der Waals surface area (Å²) in [5, 5.41) is 10.9. The first-order valence-corrected chi connectivity index (χ1v) is 10.3. The van der Waals surface area contributed by atoms with Gasteiger partial charge in [0.25, 0.3) is 0 Å². The fraction of sp³-hybridized carbons (Fsp3) is 0.409. The molecule has 0 spiro atoms. The van der Waals surface area contributed by atoms with Crippen LogP contribution in [0.4, 0.5) is 0 Å². The van der Waals surface area contributed by atoms with Crippen LogP contribution in [0.3, 0.4) is 0 Å². The predicted octanol–water partition coefficient (Wildman–Crippen LogP) is 5.16. The molecule has 152 valence electrons. The van der Waals surface area contributed by atoms with E-state index < -0.39 is 5.97 Å². The average molecular weight is 425 g/mol. The van der Waals surface area contributed by atoms with Crippen molar-refractivity contribution in [3.63, 3.8) is 0 Å². The van der Waals surface area contributed by atoms with E-state index in [1.807, 2.05) is 30.3 Å². The van der Waals surface area contributed by atoms with Crippen molar-refractivity contribution >= 4 is 29.2 Å². The zero-order valence-corrected chi connectivity index (χ0v) is 17.8.